The summed E-state index contributed by atoms with van der Waals surface area (Å²) in [4.78, 5) is 0. The Morgan fingerprint density at radius 3 is 0.750 bits per heavy atom. The minimum absolute atomic E-state index is 0. The molecule has 0 spiro atoms. The van der Waals surface area contributed by atoms with Crippen LogP contribution in [0.3, 0.4) is 0 Å². The molecule has 0 saturated carbocycles. The number of hydrogen-bond donors (Lipinski definition) is 1. The molecule has 0 radical (unpaired) electrons. The maximum absolute atomic E-state index is 4.82. The zero-order valence-corrected chi connectivity index (χ0v) is 23.7. The average Bonchev–Trinajstić information content (AvgIpc) is 1.64. The Morgan fingerprint density at radius 1 is 0.550 bits per heavy atom. The van der Waals surface area contributed by atoms with Crippen LogP contribution in [0.4, 0.5) is 0 Å². The van der Waals surface area contributed by atoms with E-state index in [-0.39, 0.29) is 48.3 Å². The molecule has 124 valence electrons. The van der Waals surface area contributed by atoms with Crippen molar-refractivity contribution in [3.8, 4) is 0 Å². The van der Waals surface area contributed by atoms with Crippen molar-refractivity contribution in [1.82, 2.24) is 4.65 Å². The molecule has 0 unspecified atom stereocenters. The second-order valence-corrected chi connectivity index (χ2v) is 28.7. The number of nitrogens with zero attached hydrogens (tertiary/aromatic N) is 1. The zero-order valence-electron chi connectivity index (χ0n) is 16.4. The van der Waals surface area contributed by atoms with E-state index in [4.69, 9.17) is 4.65 Å². The summed E-state index contributed by atoms with van der Waals surface area (Å²) < 4.78 is 8.56. The summed E-state index contributed by atoms with van der Waals surface area (Å²) in [6.07, 6.45) is 0. The second-order valence-electron chi connectivity index (χ2n) is 9.08. The Bertz CT molecular complexity index is 185. The van der Waals surface area contributed by atoms with E-state index in [1.807, 2.05) is 0 Å². The van der Waals surface area contributed by atoms with Gasteiger partial charge in [0.1, 0.15) is 16.5 Å². The van der Waals surface area contributed by atoms with Crippen LogP contribution in [0.5, 0.6) is 0 Å². The molecule has 1 N–H and O–H groups in total. The summed E-state index contributed by atoms with van der Waals surface area (Å²) in [5, 5.41) is 0. The molecule has 0 aliphatic carbocycles. The van der Waals surface area contributed by atoms with Crippen molar-refractivity contribution >= 4 is 32.9 Å². The number of nitrogens with one attached hydrogen (secondary N) is 1. The smallest absolute Gasteiger partial charge is 0.109 e. The van der Waals surface area contributed by atoms with Crippen LogP contribution in [0.25, 0.3) is 4.65 Å². The molecular formula is C13H40N2NdSi4-2. The fraction of sp³-hybridized carbons (Fsp3) is 0.923. The van der Waals surface area contributed by atoms with Crippen molar-refractivity contribution in [1.29, 1.82) is 0 Å². The van der Waals surface area contributed by atoms with Gasteiger partial charge in [0.05, 0.1) is 0 Å². The molecule has 20 heavy (non-hydrogen) atoms. The third-order valence-electron chi connectivity index (χ3n) is 1.42. The summed E-state index contributed by atoms with van der Waals surface area (Å²) in [7, 11) is -4.17. The van der Waals surface area contributed by atoms with Gasteiger partial charge in [0, 0.05) is 40.8 Å². The molecule has 0 aliphatic heterocycles. The van der Waals surface area contributed by atoms with Gasteiger partial charge in [-0.25, -0.2) is 0 Å². The fourth-order valence-electron chi connectivity index (χ4n) is 2.13. The normalized spacial score (nSPS) is 12.6. The third-order valence-corrected chi connectivity index (χ3v) is 12.8. The van der Waals surface area contributed by atoms with Crippen LogP contribution < -0.4 is 4.65 Å². The summed E-state index contributed by atoms with van der Waals surface area (Å²) in [6, 6.07) is 0. The first-order chi connectivity index (χ1) is 7.41. The maximum Gasteiger partial charge on any atom is 0.109 e. The molecule has 0 aliphatic rings. The van der Waals surface area contributed by atoms with Gasteiger partial charge in [0.15, 0.2) is 0 Å². The van der Waals surface area contributed by atoms with E-state index in [9.17, 15) is 0 Å². The van der Waals surface area contributed by atoms with Gasteiger partial charge in [-0.3, -0.25) is 0 Å². The van der Waals surface area contributed by atoms with Crippen LogP contribution >= 0.6 is 0 Å². The van der Waals surface area contributed by atoms with E-state index in [0.29, 0.717) is 0 Å². The van der Waals surface area contributed by atoms with Crippen LogP contribution in [-0.2, 0) is 0 Å². The predicted molar refractivity (Wildman–Crippen MR) is 106 cm³/mol. The molecule has 0 saturated heterocycles. The molecule has 0 amide bonds. The van der Waals surface area contributed by atoms with Gasteiger partial charge in [-0.2, -0.15) is 0 Å². The van der Waals surface area contributed by atoms with Gasteiger partial charge in [0.2, 0.25) is 0 Å². The zero-order chi connectivity index (χ0) is 15.4. The van der Waals surface area contributed by atoms with Crippen molar-refractivity contribution in [3.63, 3.8) is 0 Å². The van der Waals surface area contributed by atoms with Gasteiger partial charge in [-0.1, -0.05) is 95.0 Å². The van der Waals surface area contributed by atoms with Gasteiger partial charge in [-0.15, -0.1) is 0 Å². The van der Waals surface area contributed by atoms with Gasteiger partial charge >= 0.3 is 0 Å². The van der Waals surface area contributed by atoms with Crippen molar-refractivity contribution in [3.05, 3.63) is 12.1 Å². The first kappa shape index (κ1) is 30.1. The SMILES string of the molecule is C[Si](C)(C)N[Si](C)(C)C.C[Si](C)(C)[N-][Si](C)(C)C.[CH3-].[Nd]. The molecule has 0 heterocycles. The first-order valence-electron chi connectivity index (χ1n) is 6.95. The van der Waals surface area contributed by atoms with Crippen molar-refractivity contribution < 1.29 is 40.8 Å². The Labute approximate surface area is 167 Å². The standard InChI is InChI=1S/C6H19NSi2.C6H18NSi2.CH3.Nd/c2*1-8(2,3)7-9(4,5)6;;/h7H,1-6H3;1-6H3;1H3;/q;2*-1;. The quantitative estimate of drug-likeness (QED) is 0.404. The van der Waals surface area contributed by atoms with Crippen LogP contribution in [0, 0.1) is 48.3 Å². The van der Waals surface area contributed by atoms with Gasteiger partial charge in [-0.05, 0) is 0 Å². The van der Waals surface area contributed by atoms with E-state index in [2.05, 4.69) is 83.2 Å². The molecule has 0 bridgehead atoms. The van der Waals surface area contributed by atoms with Crippen LogP contribution in [0.1, 0.15) is 0 Å². The second kappa shape index (κ2) is 10.8. The molecule has 0 aromatic carbocycles. The van der Waals surface area contributed by atoms with E-state index in [1.165, 1.54) is 0 Å². The summed E-state index contributed by atoms with van der Waals surface area (Å²) in [5.41, 5.74) is 0. The Kier molecular flexibility index (Phi) is 16.3. The molecule has 2 nitrogen and oxygen atoms in total. The topological polar surface area (TPSA) is 26.1 Å². The van der Waals surface area contributed by atoms with Gasteiger partial charge < -0.3 is 16.7 Å². The molecule has 0 aromatic rings. The Morgan fingerprint density at radius 2 is 0.750 bits per heavy atom. The van der Waals surface area contributed by atoms with Crippen molar-refractivity contribution in [2.24, 2.45) is 0 Å². The van der Waals surface area contributed by atoms with Crippen molar-refractivity contribution in [2.45, 2.75) is 78.6 Å². The van der Waals surface area contributed by atoms with E-state index >= 15 is 0 Å². The van der Waals surface area contributed by atoms with Crippen LogP contribution in [0.2, 0.25) is 78.6 Å². The maximum atomic E-state index is 4.82. The Balaban J connectivity index is -0.000000116. The molecule has 0 aromatic heterocycles. The molecular weight excluding hydrogens is 441 g/mol. The van der Waals surface area contributed by atoms with Gasteiger partial charge in [0.25, 0.3) is 0 Å². The largest absolute Gasteiger partial charge is 0.668 e. The monoisotopic (exact) mass is 478 g/mol. The summed E-state index contributed by atoms with van der Waals surface area (Å²) in [6.45, 7) is 27.9. The molecule has 0 rings (SSSR count). The first-order valence-corrected chi connectivity index (χ1v) is 20.8. The molecule has 0 fully saturated rings. The number of rotatable bonds is 4. The number of hydrogen-bond acceptors (Lipinski definition) is 1. The van der Waals surface area contributed by atoms with Crippen LogP contribution in [-0.4, -0.2) is 32.9 Å². The third kappa shape index (κ3) is 36.9. The summed E-state index contributed by atoms with van der Waals surface area (Å²) >= 11 is 0. The average molecular weight is 481 g/mol. The predicted octanol–water partition coefficient (Wildman–Crippen LogP) is 5.73. The van der Waals surface area contributed by atoms with E-state index in [1.54, 1.807) is 0 Å². The van der Waals surface area contributed by atoms with E-state index in [0.717, 1.165) is 0 Å². The van der Waals surface area contributed by atoms with Crippen LogP contribution in [0.15, 0.2) is 0 Å². The summed E-state index contributed by atoms with van der Waals surface area (Å²) in [5.74, 6) is 0. The minimum atomic E-state index is -1.11. The van der Waals surface area contributed by atoms with Crippen molar-refractivity contribution in [2.75, 3.05) is 0 Å². The Hall–Kier alpha value is 2.14. The molecule has 7 heteroatoms. The fourth-order valence-corrected chi connectivity index (χ4v) is 19.2. The van der Waals surface area contributed by atoms with E-state index < -0.39 is 32.9 Å². The minimum Gasteiger partial charge on any atom is -0.668 e. The molecule has 0 atom stereocenters.